The molecule has 1 saturated carbocycles. The van der Waals surface area contributed by atoms with Gasteiger partial charge in [0.15, 0.2) is 0 Å². The molecule has 3 heteroatoms. The zero-order chi connectivity index (χ0) is 9.10. The monoisotopic (exact) mass is 179 g/mol. The Bertz CT molecular complexity index is 199. The third-order valence-electron chi connectivity index (χ3n) is 3.00. The second-order valence-corrected chi connectivity index (χ2v) is 4.02. The Hall–Kier alpha value is -0.590. The van der Waals surface area contributed by atoms with Crippen LogP contribution in [0.4, 0.5) is 0 Å². The summed E-state index contributed by atoms with van der Waals surface area (Å²) in [4.78, 5) is 2.54. The Morgan fingerprint density at radius 2 is 2.15 bits per heavy atom. The summed E-state index contributed by atoms with van der Waals surface area (Å²) in [6, 6.07) is 3.76. The van der Waals surface area contributed by atoms with Crippen molar-refractivity contribution in [1.29, 1.82) is 5.26 Å². The summed E-state index contributed by atoms with van der Waals surface area (Å²) in [5.41, 5.74) is 0. The number of rotatable bonds is 4. The Balaban J connectivity index is 1.84. The molecule has 1 aliphatic carbocycles. The summed E-state index contributed by atoms with van der Waals surface area (Å²) in [6.07, 6.45) is 4.65. The van der Waals surface area contributed by atoms with Gasteiger partial charge in [-0.2, -0.15) is 5.26 Å². The number of hydrogen-bond donors (Lipinski definition) is 1. The van der Waals surface area contributed by atoms with Gasteiger partial charge < -0.3 is 5.32 Å². The van der Waals surface area contributed by atoms with E-state index in [-0.39, 0.29) is 0 Å². The summed E-state index contributed by atoms with van der Waals surface area (Å²) in [5, 5.41) is 12.0. The van der Waals surface area contributed by atoms with Crippen LogP contribution >= 0.6 is 0 Å². The molecule has 0 aromatic carbocycles. The number of nitriles is 1. The van der Waals surface area contributed by atoms with E-state index >= 15 is 0 Å². The van der Waals surface area contributed by atoms with E-state index in [1.54, 1.807) is 0 Å². The Morgan fingerprint density at radius 3 is 2.69 bits per heavy atom. The molecule has 0 spiro atoms. The normalized spacial score (nSPS) is 27.8. The van der Waals surface area contributed by atoms with Crippen molar-refractivity contribution < 1.29 is 0 Å². The van der Waals surface area contributed by atoms with Crippen LogP contribution in [0, 0.1) is 11.3 Å². The molecule has 0 aromatic rings. The first-order chi connectivity index (χ1) is 6.42. The van der Waals surface area contributed by atoms with Gasteiger partial charge in [-0.1, -0.05) is 0 Å². The van der Waals surface area contributed by atoms with Crippen molar-refractivity contribution in [3.8, 4) is 6.07 Å². The number of nitrogens with zero attached hydrogens (tertiary/aromatic N) is 2. The zero-order valence-electron chi connectivity index (χ0n) is 8.00. The second kappa shape index (κ2) is 4.08. The molecule has 2 rings (SSSR count). The SMILES string of the molecule is N#CCCN(C1CC1)C1CCNC1. The third-order valence-corrected chi connectivity index (χ3v) is 3.00. The fraction of sp³-hybridized carbons (Fsp3) is 0.900. The number of hydrogen-bond acceptors (Lipinski definition) is 3. The van der Waals surface area contributed by atoms with Crippen molar-refractivity contribution in [2.45, 2.75) is 37.8 Å². The fourth-order valence-corrected chi connectivity index (χ4v) is 2.17. The molecule has 72 valence electrons. The molecule has 2 fully saturated rings. The number of nitrogens with one attached hydrogen (secondary N) is 1. The topological polar surface area (TPSA) is 39.1 Å². The molecule has 1 atom stereocenters. The average molecular weight is 179 g/mol. The van der Waals surface area contributed by atoms with Gasteiger partial charge >= 0.3 is 0 Å². The molecule has 1 aliphatic heterocycles. The predicted molar refractivity (Wildman–Crippen MR) is 51.2 cm³/mol. The minimum atomic E-state index is 0.687. The Kier molecular flexibility index (Phi) is 2.82. The van der Waals surface area contributed by atoms with Gasteiger partial charge in [-0.3, -0.25) is 4.90 Å². The fourth-order valence-electron chi connectivity index (χ4n) is 2.17. The first-order valence-electron chi connectivity index (χ1n) is 5.25. The smallest absolute Gasteiger partial charge is 0.0635 e. The molecule has 0 bridgehead atoms. The Morgan fingerprint density at radius 1 is 1.31 bits per heavy atom. The molecule has 1 unspecified atom stereocenters. The van der Waals surface area contributed by atoms with Gasteiger partial charge in [-0.25, -0.2) is 0 Å². The summed E-state index contributed by atoms with van der Waals surface area (Å²) in [7, 11) is 0. The van der Waals surface area contributed by atoms with E-state index in [4.69, 9.17) is 5.26 Å². The van der Waals surface area contributed by atoms with Crippen molar-refractivity contribution in [2.75, 3.05) is 19.6 Å². The van der Waals surface area contributed by atoms with Gasteiger partial charge in [0.1, 0.15) is 0 Å². The first-order valence-corrected chi connectivity index (χ1v) is 5.25. The van der Waals surface area contributed by atoms with Crippen LogP contribution in [0.5, 0.6) is 0 Å². The van der Waals surface area contributed by atoms with E-state index in [2.05, 4.69) is 16.3 Å². The predicted octanol–water partition coefficient (Wildman–Crippen LogP) is 0.726. The highest BCUT2D eigenvalue weighted by Gasteiger charge is 2.34. The van der Waals surface area contributed by atoms with Crippen LogP contribution in [0.2, 0.25) is 0 Å². The van der Waals surface area contributed by atoms with Gasteiger partial charge in [0.25, 0.3) is 0 Å². The molecule has 13 heavy (non-hydrogen) atoms. The van der Waals surface area contributed by atoms with E-state index in [1.165, 1.54) is 19.3 Å². The van der Waals surface area contributed by atoms with E-state index in [0.29, 0.717) is 12.5 Å². The highest BCUT2D eigenvalue weighted by atomic mass is 15.2. The average Bonchev–Trinajstić information content (AvgIpc) is 2.82. The molecule has 3 nitrogen and oxygen atoms in total. The van der Waals surface area contributed by atoms with Gasteiger partial charge in [0, 0.05) is 31.6 Å². The van der Waals surface area contributed by atoms with Crippen molar-refractivity contribution in [3.63, 3.8) is 0 Å². The quantitative estimate of drug-likeness (QED) is 0.691. The van der Waals surface area contributed by atoms with Crippen molar-refractivity contribution >= 4 is 0 Å². The molecule has 0 amide bonds. The van der Waals surface area contributed by atoms with E-state index in [1.807, 2.05) is 0 Å². The van der Waals surface area contributed by atoms with Crippen molar-refractivity contribution in [3.05, 3.63) is 0 Å². The van der Waals surface area contributed by atoms with Gasteiger partial charge in [0.05, 0.1) is 6.07 Å². The van der Waals surface area contributed by atoms with Crippen LogP contribution in [-0.2, 0) is 0 Å². The Labute approximate surface area is 79.7 Å². The molecule has 0 aromatic heterocycles. The van der Waals surface area contributed by atoms with Crippen LogP contribution in [0.1, 0.15) is 25.7 Å². The molecule has 0 radical (unpaired) electrons. The summed E-state index contributed by atoms with van der Waals surface area (Å²) >= 11 is 0. The van der Waals surface area contributed by atoms with Crippen LogP contribution in [0.15, 0.2) is 0 Å². The third kappa shape index (κ3) is 2.20. The first kappa shape index (κ1) is 8.98. The molecule has 1 heterocycles. The van der Waals surface area contributed by atoms with E-state index in [0.717, 1.165) is 25.7 Å². The van der Waals surface area contributed by atoms with Crippen LogP contribution in [-0.4, -0.2) is 36.6 Å². The van der Waals surface area contributed by atoms with Crippen LogP contribution < -0.4 is 5.32 Å². The van der Waals surface area contributed by atoms with Crippen LogP contribution in [0.3, 0.4) is 0 Å². The summed E-state index contributed by atoms with van der Waals surface area (Å²) in [5.74, 6) is 0. The minimum absolute atomic E-state index is 0.687. The van der Waals surface area contributed by atoms with Gasteiger partial charge in [0.2, 0.25) is 0 Å². The highest BCUT2D eigenvalue weighted by Crippen LogP contribution is 2.30. The van der Waals surface area contributed by atoms with E-state index < -0.39 is 0 Å². The van der Waals surface area contributed by atoms with Gasteiger partial charge in [-0.15, -0.1) is 0 Å². The maximum absolute atomic E-state index is 8.57. The second-order valence-electron chi connectivity index (χ2n) is 4.02. The zero-order valence-corrected chi connectivity index (χ0v) is 8.00. The van der Waals surface area contributed by atoms with Crippen LogP contribution in [0.25, 0.3) is 0 Å². The highest BCUT2D eigenvalue weighted by molar-refractivity contribution is 4.93. The molecular formula is C10H17N3. The minimum Gasteiger partial charge on any atom is -0.315 e. The summed E-state index contributed by atoms with van der Waals surface area (Å²) < 4.78 is 0. The molecular weight excluding hydrogens is 162 g/mol. The van der Waals surface area contributed by atoms with E-state index in [9.17, 15) is 0 Å². The molecule has 1 saturated heterocycles. The maximum Gasteiger partial charge on any atom is 0.0635 e. The lowest BCUT2D eigenvalue weighted by Gasteiger charge is -2.27. The lowest BCUT2D eigenvalue weighted by Crippen LogP contribution is -2.39. The standard InChI is InChI=1S/C10H17N3/c11-5-1-7-13(9-2-3-9)10-4-6-12-8-10/h9-10,12H,1-4,6-8H2. The van der Waals surface area contributed by atoms with Crippen molar-refractivity contribution in [1.82, 2.24) is 10.2 Å². The molecule has 1 N–H and O–H groups in total. The largest absolute Gasteiger partial charge is 0.315 e. The summed E-state index contributed by atoms with van der Waals surface area (Å²) in [6.45, 7) is 3.26. The van der Waals surface area contributed by atoms with Crippen molar-refractivity contribution in [2.24, 2.45) is 0 Å². The maximum atomic E-state index is 8.57. The lowest BCUT2D eigenvalue weighted by molar-refractivity contribution is 0.202. The lowest BCUT2D eigenvalue weighted by atomic mass is 10.2. The van der Waals surface area contributed by atoms with Gasteiger partial charge in [-0.05, 0) is 25.8 Å². The molecule has 2 aliphatic rings.